The minimum atomic E-state index is -0.250. The third-order valence-corrected chi connectivity index (χ3v) is 3.98. The molecule has 5 aromatic rings. The van der Waals surface area contributed by atoms with E-state index in [0.717, 1.165) is 17.0 Å². The van der Waals surface area contributed by atoms with Crippen LogP contribution in [0.3, 0.4) is 0 Å². The molecule has 0 bridgehead atoms. The topological polar surface area (TPSA) is 145 Å². The molecule has 0 unspecified atom stereocenters. The number of hydrogen-bond acceptors (Lipinski definition) is 8. The number of nitrogen functional groups attached to an aromatic ring is 1. The first kappa shape index (κ1) is 21.8. The first-order valence-corrected chi connectivity index (χ1v) is 9.39. The maximum Gasteiger partial charge on any atom is 0.290 e. The van der Waals surface area contributed by atoms with Crippen LogP contribution in [0.2, 0.25) is 0 Å². The number of nitrogens with one attached hydrogen (secondary N) is 1. The lowest BCUT2D eigenvalue weighted by Crippen LogP contribution is -2.00. The Morgan fingerprint density at radius 2 is 1.41 bits per heavy atom. The highest BCUT2D eigenvalue weighted by Crippen LogP contribution is 2.17. The monoisotopic (exact) mass is 428 g/mol. The molecule has 3 heterocycles. The van der Waals surface area contributed by atoms with Gasteiger partial charge < -0.3 is 16.2 Å². The summed E-state index contributed by atoms with van der Waals surface area (Å²) < 4.78 is 1.92. The van der Waals surface area contributed by atoms with Crippen LogP contribution < -0.4 is 11.1 Å². The highest BCUT2D eigenvalue weighted by atomic mass is 16.3. The minimum absolute atomic E-state index is 0.250. The Labute approximate surface area is 183 Å². The highest BCUT2D eigenvalue weighted by Gasteiger charge is 2.04. The largest absolute Gasteiger partial charge is 0.483 e. The number of aromatic nitrogens is 6. The van der Waals surface area contributed by atoms with Gasteiger partial charge in [-0.1, -0.05) is 36.4 Å². The zero-order valence-corrected chi connectivity index (χ0v) is 16.9. The first-order valence-electron chi connectivity index (χ1n) is 9.39. The van der Waals surface area contributed by atoms with E-state index in [2.05, 4.69) is 30.2 Å². The molecule has 32 heavy (non-hydrogen) atoms. The van der Waals surface area contributed by atoms with Gasteiger partial charge in [-0.3, -0.25) is 9.36 Å². The summed E-state index contributed by atoms with van der Waals surface area (Å²) in [6.07, 6.45) is 8.21. The van der Waals surface area contributed by atoms with Crippen molar-refractivity contribution < 1.29 is 9.90 Å². The van der Waals surface area contributed by atoms with E-state index in [-0.39, 0.29) is 6.47 Å². The molecule has 0 saturated heterocycles. The van der Waals surface area contributed by atoms with Crippen molar-refractivity contribution >= 4 is 35.1 Å². The number of nitrogens with two attached hydrogens (primary N) is 1. The van der Waals surface area contributed by atoms with Crippen molar-refractivity contribution in [1.29, 1.82) is 0 Å². The number of benzene rings is 2. The van der Waals surface area contributed by atoms with Crippen LogP contribution in [0.1, 0.15) is 0 Å². The summed E-state index contributed by atoms with van der Waals surface area (Å²) >= 11 is 0. The Kier molecular flexibility index (Phi) is 7.75. The molecule has 0 atom stereocenters. The molecule has 0 fully saturated rings. The van der Waals surface area contributed by atoms with Gasteiger partial charge >= 0.3 is 0 Å². The van der Waals surface area contributed by atoms with Crippen LogP contribution >= 0.6 is 0 Å². The van der Waals surface area contributed by atoms with Crippen molar-refractivity contribution in [3.05, 3.63) is 91.8 Å². The van der Waals surface area contributed by atoms with E-state index in [1.54, 1.807) is 31.1 Å². The second-order valence-electron chi connectivity index (χ2n) is 6.04. The van der Waals surface area contributed by atoms with Gasteiger partial charge in [-0.15, -0.1) is 0 Å². The fraction of sp³-hybridized carbons (Fsp3) is 0. The van der Waals surface area contributed by atoms with Gasteiger partial charge in [0.15, 0.2) is 22.9 Å². The number of hydrogen-bond donors (Lipinski definition) is 3. The van der Waals surface area contributed by atoms with E-state index >= 15 is 0 Å². The summed E-state index contributed by atoms with van der Waals surface area (Å²) in [7, 11) is 0. The molecule has 0 aliphatic rings. The molecular weight excluding hydrogens is 408 g/mol. The van der Waals surface area contributed by atoms with Crippen LogP contribution in [-0.4, -0.2) is 41.1 Å². The molecule has 0 aliphatic carbocycles. The Morgan fingerprint density at radius 1 is 0.812 bits per heavy atom. The summed E-state index contributed by atoms with van der Waals surface area (Å²) in [5, 5.41) is 9.96. The molecule has 4 N–H and O–H groups in total. The lowest BCUT2D eigenvalue weighted by molar-refractivity contribution is -0.122. The first-order chi connectivity index (χ1) is 15.7. The molecule has 2 aromatic carbocycles. The molecule has 10 nitrogen and oxygen atoms in total. The standard InChI is InChI=1S/C11H8N4.C10H10N4.CH2O2/c1-2-4-9(5-3-1)15-8-14-10-11(15)13-7-6-12-10;11-9-10(13-7-6-12-9)14-8-4-2-1-3-5-8;2-1-3/h1-8H;1-7H,(H2,11,12)(H,13,14);1H,(H,2,3). The predicted molar refractivity (Wildman–Crippen MR) is 122 cm³/mol. The second kappa shape index (κ2) is 11.4. The van der Waals surface area contributed by atoms with E-state index in [1.165, 1.54) is 0 Å². The van der Waals surface area contributed by atoms with Crippen LogP contribution in [0.25, 0.3) is 17.0 Å². The molecule has 5 rings (SSSR count). The third kappa shape index (κ3) is 5.83. The Hall–Kier alpha value is -4.86. The van der Waals surface area contributed by atoms with Crippen LogP contribution in [-0.2, 0) is 4.79 Å². The normalized spacial score (nSPS) is 9.62. The predicted octanol–water partition coefficient (Wildman–Crippen LogP) is 3.32. The average Bonchev–Trinajstić information content (AvgIpc) is 3.27. The number of imidazole rings is 1. The third-order valence-electron chi connectivity index (χ3n) is 3.98. The van der Waals surface area contributed by atoms with Crippen molar-refractivity contribution in [2.24, 2.45) is 0 Å². The molecule has 160 valence electrons. The van der Waals surface area contributed by atoms with Gasteiger partial charge in [0.2, 0.25) is 0 Å². The Bertz CT molecular complexity index is 1250. The van der Waals surface area contributed by atoms with Gasteiger partial charge in [-0.05, 0) is 24.3 Å². The van der Waals surface area contributed by atoms with Crippen LogP contribution in [0.5, 0.6) is 0 Å². The fourth-order valence-electron chi connectivity index (χ4n) is 2.63. The molecule has 0 aliphatic heterocycles. The SMILES string of the molecule is Nc1nccnc1Nc1ccccc1.O=CO.c1ccc(-n2cnc3nccnc32)cc1. The van der Waals surface area contributed by atoms with E-state index in [0.29, 0.717) is 17.3 Å². The summed E-state index contributed by atoms with van der Waals surface area (Å²) in [6, 6.07) is 19.7. The second-order valence-corrected chi connectivity index (χ2v) is 6.04. The van der Waals surface area contributed by atoms with Crippen molar-refractivity contribution in [2.45, 2.75) is 0 Å². The van der Waals surface area contributed by atoms with Gasteiger partial charge in [0.25, 0.3) is 6.47 Å². The molecule has 0 radical (unpaired) electrons. The maximum atomic E-state index is 8.36. The maximum absolute atomic E-state index is 8.36. The quantitative estimate of drug-likeness (QED) is 0.368. The number of anilines is 3. The minimum Gasteiger partial charge on any atom is -0.483 e. The van der Waals surface area contributed by atoms with Gasteiger partial charge in [-0.2, -0.15) is 0 Å². The summed E-state index contributed by atoms with van der Waals surface area (Å²) in [5.41, 5.74) is 9.07. The van der Waals surface area contributed by atoms with Crippen LogP contribution in [0, 0.1) is 0 Å². The van der Waals surface area contributed by atoms with E-state index in [1.807, 2.05) is 65.2 Å². The van der Waals surface area contributed by atoms with Gasteiger partial charge in [-0.25, -0.2) is 24.9 Å². The van der Waals surface area contributed by atoms with E-state index in [4.69, 9.17) is 15.6 Å². The molecule has 0 saturated carbocycles. The van der Waals surface area contributed by atoms with Crippen molar-refractivity contribution in [3.63, 3.8) is 0 Å². The van der Waals surface area contributed by atoms with Crippen molar-refractivity contribution in [3.8, 4) is 5.69 Å². The number of para-hydroxylation sites is 2. The number of carbonyl (C=O) groups is 1. The fourth-order valence-corrected chi connectivity index (χ4v) is 2.63. The summed E-state index contributed by atoms with van der Waals surface area (Å²) in [5.74, 6) is 0.982. The van der Waals surface area contributed by atoms with Crippen LogP contribution in [0.15, 0.2) is 91.8 Å². The van der Waals surface area contributed by atoms with E-state index in [9.17, 15) is 0 Å². The number of fused-ring (bicyclic) bond motifs is 1. The number of nitrogens with zero attached hydrogens (tertiary/aromatic N) is 6. The molecular formula is C22H20N8O2. The van der Waals surface area contributed by atoms with Crippen molar-refractivity contribution in [1.82, 2.24) is 29.5 Å². The van der Waals surface area contributed by atoms with Gasteiger partial charge in [0.05, 0.1) is 0 Å². The molecule has 0 amide bonds. The Morgan fingerprint density at radius 3 is 2.09 bits per heavy atom. The number of carboxylic acid groups (broad SMARTS) is 1. The zero-order valence-electron chi connectivity index (χ0n) is 16.9. The average molecular weight is 428 g/mol. The number of rotatable bonds is 3. The lowest BCUT2D eigenvalue weighted by atomic mass is 10.3. The Balaban J connectivity index is 0.000000162. The summed E-state index contributed by atoms with van der Waals surface area (Å²) in [4.78, 5) is 28.9. The van der Waals surface area contributed by atoms with Crippen molar-refractivity contribution in [2.75, 3.05) is 11.1 Å². The lowest BCUT2D eigenvalue weighted by Gasteiger charge is -2.05. The zero-order chi connectivity index (χ0) is 22.6. The summed E-state index contributed by atoms with van der Waals surface area (Å²) in [6.45, 7) is -0.250. The van der Waals surface area contributed by atoms with Crippen LogP contribution in [0.4, 0.5) is 17.3 Å². The smallest absolute Gasteiger partial charge is 0.290 e. The van der Waals surface area contributed by atoms with Gasteiger partial charge in [0, 0.05) is 36.2 Å². The molecule has 0 spiro atoms. The molecule has 3 aromatic heterocycles. The van der Waals surface area contributed by atoms with Gasteiger partial charge in [0.1, 0.15) is 6.33 Å². The highest BCUT2D eigenvalue weighted by molar-refractivity contribution is 5.68. The molecule has 10 heteroatoms. The van der Waals surface area contributed by atoms with E-state index < -0.39 is 0 Å².